The van der Waals surface area contributed by atoms with Gasteiger partial charge < -0.3 is 10.6 Å². The molecule has 0 radical (unpaired) electrons. The molecule has 1 rings (SSSR count). The van der Waals surface area contributed by atoms with Crippen LogP contribution in [0.15, 0.2) is 34.2 Å². The SMILES string of the molecule is CCS(=O)(=O)c1ccc(CNC(=NC)NC)cc1. The van der Waals surface area contributed by atoms with Crippen molar-refractivity contribution in [3.63, 3.8) is 0 Å². The third-order valence-corrected chi connectivity index (χ3v) is 4.33. The van der Waals surface area contributed by atoms with Crippen LogP contribution in [0, 0.1) is 0 Å². The van der Waals surface area contributed by atoms with Crippen molar-refractivity contribution in [2.75, 3.05) is 19.8 Å². The van der Waals surface area contributed by atoms with Crippen LogP contribution in [0.4, 0.5) is 0 Å². The largest absolute Gasteiger partial charge is 0.359 e. The van der Waals surface area contributed by atoms with Gasteiger partial charge in [0.2, 0.25) is 0 Å². The molecule has 0 atom stereocenters. The van der Waals surface area contributed by atoms with Crippen LogP contribution < -0.4 is 10.6 Å². The van der Waals surface area contributed by atoms with Crippen LogP contribution in [-0.2, 0) is 16.4 Å². The molecule has 1 aromatic rings. The zero-order valence-corrected chi connectivity index (χ0v) is 11.7. The van der Waals surface area contributed by atoms with Crippen LogP contribution in [0.25, 0.3) is 0 Å². The molecular weight excluding hydrogens is 250 g/mol. The van der Waals surface area contributed by atoms with Gasteiger partial charge >= 0.3 is 0 Å². The molecule has 0 aromatic heterocycles. The summed E-state index contributed by atoms with van der Waals surface area (Å²) in [4.78, 5) is 4.36. The summed E-state index contributed by atoms with van der Waals surface area (Å²) in [6.45, 7) is 2.24. The number of benzene rings is 1. The van der Waals surface area contributed by atoms with Crippen molar-refractivity contribution in [2.45, 2.75) is 18.4 Å². The van der Waals surface area contributed by atoms with E-state index in [0.717, 1.165) is 5.56 Å². The zero-order valence-electron chi connectivity index (χ0n) is 10.9. The number of hydrogen-bond donors (Lipinski definition) is 2. The van der Waals surface area contributed by atoms with Crippen LogP contribution in [0.1, 0.15) is 12.5 Å². The Kier molecular flexibility index (Phi) is 5.15. The van der Waals surface area contributed by atoms with Crippen LogP contribution >= 0.6 is 0 Å². The molecule has 0 aliphatic rings. The topological polar surface area (TPSA) is 70.6 Å². The van der Waals surface area contributed by atoms with E-state index in [1.54, 1.807) is 45.3 Å². The minimum absolute atomic E-state index is 0.122. The second-order valence-corrected chi connectivity index (χ2v) is 6.00. The molecule has 0 fully saturated rings. The Balaban J connectivity index is 2.73. The number of guanidine groups is 1. The van der Waals surface area contributed by atoms with E-state index in [-0.39, 0.29) is 5.75 Å². The first-order chi connectivity index (χ1) is 8.53. The fraction of sp³-hybridized carbons (Fsp3) is 0.417. The van der Waals surface area contributed by atoms with E-state index in [2.05, 4.69) is 15.6 Å². The van der Waals surface area contributed by atoms with Gasteiger partial charge in [-0.05, 0) is 17.7 Å². The molecule has 0 bridgehead atoms. The van der Waals surface area contributed by atoms with Crippen LogP contribution in [-0.4, -0.2) is 34.2 Å². The molecule has 0 saturated carbocycles. The van der Waals surface area contributed by atoms with E-state index in [0.29, 0.717) is 17.4 Å². The number of aliphatic imine (C=N–C) groups is 1. The summed E-state index contributed by atoms with van der Waals surface area (Å²) >= 11 is 0. The molecule has 5 nitrogen and oxygen atoms in total. The van der Waals surface area contributed by atoms with Gasteiger partial charge in [-0.2, -0.15) is 0 Å². The lowest BCUT2D eigenvalue weighted by Crippen LogP contribution is -2.34. The van der Waals surface area contributed by atoms with E-state index in [4.69, 9.17) is 0 Å². The van der Waals surface area contributed by atoms with Crippen molar-refractivity contribution >= 4 is 15.8 Å². The third kappa shape index (κ3) is 3.73. The quantitative estimate of drug-likeness (QED) is 0.626. The molecule has 0 spiro atoms. The molecule has 6 heteroatoms. The minimum atomic E-state index is -3.11. The van der Waals surface area contributed by atoms with Gasteiger partial charge in [-0.1, -0.05) is 19.1 Å². The minimum Gasteiger partial charge on any atom is -0.359 e. The normalized spacial score (nSPS) is 12.3. The predicted octanol–water partition coefficient (Wildman–Crippen LogP) is 0.775. The summed E-state index contributed by atoms with van der Waals surface area (Å²) in [6.07, 6.45) is 0. The maximum atomic E-state index is 11.6. The Morgan fingerprint density at radius 3 is 2.33 bits per heavy atom. The first kappa shape index (κ1) is 14.5. The average Bonchev–Trinajstić information content (AvgIpc) is 2.40. The molecule has 100 valence electrons. The van der Waals surface area contributed by atoms with Crippen LogP contribution in [0.5, 0.6) is 0 Å². The summed E-state index contributed by atoms with van der Waals surface area (Å²) in [5, 5.41) is 6.01. The monoisotopic (exact) mass is 269 g/mol. The smallest absolute Gasteiger partial charge is 0.190 e. The molecule has 0 amide bonds. The zero-order chi connectivity index (χ0) is 13.6. The van der Waals surface area contributed by atoms with Crippen molar-refractivity contribution in [3.8, 4) is 0 Å². The number of nitrogens with one attached hydrogen (secondary N) is 2. The van der Waals surface area contributed by atoms with Gasteiger partial charge in [-0.15, -0.1) is 0 Å². The molecule has 0 saturated heterocycles. The highest BCUT2D eigenvalue weighted by molar-refractivity contribution is 7.91. The van der Waals surface area contributed by atoms with Gasteiger partial charge in [0.25, 0.3) is 0 Å². The number of sulfone groups is 1. The van der Waals surface area contributed by atoms with Crippen molar-refractivity contribution in [3.05, 3.63) is 29.8 Å². The highest BCUT2D eigenvalue weighted by Gasteiger charge is 2.10. The maximum absolute atomic E-state index is 11.6. The van der Waals surface area contributed by atoms with Gasteiger partial charge in [0, 0.05) is 20.6 Å². The van der Waals surface area contributed by atoms with Crippen LogP contribution in [0.3, 0.4) is 0 Å². The highest BCUT2D eigenvalue weighted by atomic mass is 32.2. The molecule has 0 heterocycles. The Morgan fingerprint density at radius 2 is 1.89 bits per heavy atom. The van der Waals surface area contributed by atoms with Crippen molar-refractivity contribution in [2.24, 2.45) is 4.99 Å². The van der Waals surface area contributed by atoms with Crippen molar-refractivity contribution in [1.82, 2.24) is 10.6 Å². The third-order valence-electron chi connectivity index (χ3n) is 2.58. The number of hydrogen-bond acceptors (Lipinski definition) is 3. The van der Waals surface area contributed by atoms with E-state index < -0.39 is 9.84 Å². The van der Waals surface area contributed by atoms with Crippen LogP contribution in [0.2, 0.25) is 0 Å². The summed E-state index contributed by atoms with van der Waals surface area (Å²) in [7, 11) is 0.362. The summed E-state index contributed by atoms with van der Waals surface area (Å²) in [5.74, 6) is 0.817. The van der Waals surface area contributed by atoms with E-state index in [1.165, 1.54) is 0 Å². The van der Waals surface area contributed by atoms with Crippen molar-refractivity contribution < 1.29 is 8.42 Å². The maximum Gasteiger partial charge on any atom is 0.190 e. The Bertz CT molecular complexity index is 507. The van der Waals surface area contributed by atoms with Gasteiger partial charge in [-0.3, -0.25) is 4.99 Å². The second kappa shape index (κ2) is 6.39. The lowest BCUT2D eigenvalue weighted by molar-refractivity contribution is 0.597. The van der Waals surface area contributed by atoms with E-state index in [1.807, 2.05) is 0 Å². The fourth-order valence-corrected chi connectivity index (χ4v) is 2.33. The first-order valence-electron chi connectivity index (χ1n) is 5.73. The highest BCUT2D eigenvalue weighted by Crippen LogP contribution is 2.12. The molecule has 2 N–H and O–H groups in total. The first-order valence-corrected chi connectivity index (χ1v) is 7.38. The molecule has 18 heavy (non-hydrogen) atoms. The van der Waals surface area contributed by atoms with Gasteiger partial charge in [0.1, 0.15) is 0 Å². The fourth-order valence-electron chi connectivity index (χ4n) is 1.45. The van der Waals surface area contributed by atoms with Crippen molar-refractivity contribution in [1.29, 1.82) is 0 Å². The predicted molar refractivity (Wildman–Crippen MR) is 73.4 cm³/mol. The van der Waals surface area contributed by atoms with Gasteiger partial charge in [0.05, 0.1) is 10.6 Å². The molecule has 0 aliphatic heterocycles. The Morgan fingerprint density at radius 1 is 1.28 bits per heavy atom. The van der Waals surface area contributed by atoms with E-state index in [9.17, 15) is 8.42 Å². The molecule has 1 aromatic carbocycles. The summed E-state index contributed by atoms with van der Waals surface area (Å²) in [5.41, 5.74) is 1.00. The van der Waals surface area contributed by atoms with Gasteiger partial charge in [-0.25, -0.2) is 8.42 Å². The second-order valence-electron chi connectivity index (χ2n) is 3.72. The molecule has 0 aliphatic carbocycles. The Labute approximate surface area is 108 Å². The summed E-state index contributed by atoms with van der Waals surface area (Å²) < 4.78 is 23.3. The molecular formula is C12H19N3O2S. The average molecular weight is 269 g/mol. The molecule has 0 unspecified atom stereocenters. The lowest BCUT2D eigenvalue weighted by Gasteiger charge is -2.09. The number of nitrogens with zero attached hydrogens (tertiary/aromatic N) is 1. The Hall–Kier alpha value is -1.56. The standard InChI is InChI=1S/C12H19N3O2S/c1-4-18(16,17)11-7-5-10(6-8-11)9-15-12(13-2)14-3/h5-8H,4,9H2,1-3H3,(H2,13,14,15). The lowest BCUT2D eigenvalue weighted by atomic mass is 10.2. The van der Waals surface area contributed by atoms with Gasteiger partial charge in [0.15, 0.2) is 15.8 Å². The number of rotatable bonds is 4. The summed E-state index contributed by atoms with van der Waals surface area (Å²) in [6, 6.07) is 6.88. The van der Waals surface area contributed by atoms with E-state index >= 15 is 0 Å².